The van der Waals surface area contributed by atoms with Gasteiger partial charge in [0.1, 0.15) is 9.79 Å². The molecule has 0 saturated carbocycles. The zero-order valence-electron chi connectivity index (χ0n) is 16.3. The maximum atomic E-state index is 12.4. The van der Waals surface area contributed by atoms with Gasteiger partial charge in [-0.05, 0) is 55.3 Å². The van der Waals surface area contributed by atoms with Gasteiger partial charge in [0.05, 0.1) is 19.2 Å². The lowest BCUT2D eigenvalue weighted by atomic mass is 9.95. The van der Waals surface area contributed by atoms with E-state index in [2.05, 4.69) is 36.9 Å². The molecule has 150 valence electrons. The summed E-state index contributed by atoms with van der Waals surface area (Å²) >= 11 is 1.14. The number of hydrogen-bond donors (Lipinski definition) is 2. The Kier molecular flexibility index (Phi) is 5.92. The van der Waals surface area contributed by atoms with Crippen LogP contribution in [0.15, 0.2) is 39.2 Å². The van der Waals surface area contributed by atoms with E-state index < -0.39 is 10.0 Å². The van der Waals surface area contributed by atoms with Crippen LogP contribution >= 0.6 is 11.3 Å². The summed E-state index contributed by atoms with van der Waals surface area (Å²) in [6.45, 7) is 6.64. The van der Waals surface area contributed by atoms with E-state index in [1.165, 1.54) is 24.2 Å². The van der Waals surface area contributed by atoms with E-state index in [-0.39, 0.29) is 23.1 Å². The number of rotatable bonds is 7. The summed E-state index contributed by atoms with van der Waals surface area (Å²) in [5.41, 5.74) is 4.05. The van der Waals surface area contributed by atoms with Crippen LogP contribution < -0.4 is 10.0 Å². The number of aryl methyl sites for hydroxylation is 1. The van der Waals surface area contributed by atoms with Crippen molar-refractivity contribution in [1.82, 2.24) is 10.0 Å². The van der Waals surface area contributed by atoms with Gasteiger partial charge in [-0.25, -0.2) is 13.1 Å². The molecule has 2 heterocycles. The van der Waals surface area contributed by atoms with E-state index in [4.69, 9.17) is 4.42 Å². The van der Waals surface area contributed by atoms with Gasteiger partial charge in [0.15, 0.2) is 0 Å². The van der Waals surface area contributed by atoms with E-state index in [0.717, 1.165) is 32.7 Å². The first-order chi connectivity index (χ1) is 13.2. The summed E-state index contributed by atoms with van der Waals surface area (Å²) in [4.78, 5) is 13.2. The monoisotopic (exact) mass is 420 g/mol. The van der Waals surface area contributed by atoms with Crippen molar-refractivity contribution in [1.29, 1.82) is 0 Å². The fourth-order valence-corrected chi connectivity index (χ4v) is 5.26. The highest BCUT2D eigenvalue weighted by atomic mass is 32.2. The SMILES string of the molecule is CNS(=O)(=O)c1ccc(CNC(=O)Cc2coc3cc(C)c(C(C)C)cc23)s1. The number of carbonyl (C=O) groups excluding carboxylic acids is 1. The van der Waals surface area contributed by atoms with E-state index in [1.54, 1.807) is 12.3 Å². The average molecular weight is 421 g/mol. The first-order valence-electron chi connectivity index (χ1n) is 9.01. The molecule has 0 spiro atoms. The van der Waals surface area contributed by atoms with Crippen LogP contribution in [0.25, 0.3) is 11.0 Å². The number of fused-ring (bicyclic) bond motifs is 1. The fourth-order valence-electron chi connectivity index (χ4n) is 3.12. The quantitative estimate of drug-likeness (QED) is 0.610. The van der Waals surface area contributed by atoms with Gasteiger partial charge < -0.3 is 9.73 Å². The van der Waals surface area contributed by atoms with Crippen LogP contribution in [-0.4, -0.2) is 21.4 Å². The van der Waals surface area contributed by atoms with Crippen molar-refractivity contribution in [3.8, 4) is 0 Å². The molecule has 2 aromatic heterocycles. The first-order valence-corrected chi connectivity index (χ1v) is 11.3. The highest BCUT2D eigenvalue weighted by Gasteiger charge is 2.16. The Morgan fingerprint density at radius 3 is 2.68 bits per heavy atom. The minimum absolute atomic E-state index is 0.138. The number of furan rings is 1. The molecular weight excluding hydrogens is 396 g/mol. The summed E-state index contributed by atoms with van der Waals surface area (Å²) in [5, 5.41) is 3.81. The number of hydrogen-bond acceptors (Lipinski definition) is 5. The van der Waals surface area contributed by atoms with Crippen LogP contribution in [0.2, 0.25) is 0 Å². The lowest BCUT2D eigenvalue weighted by Gasteiger charge is -2.10. The third-order valence-electron chi connectivity index (χ3n) is 4.65. The van der Waals surface area contributed by atoms with Crippen molar-refractivity contribution in [2.75, 3.05) is 7.05 Å². The Morgan fingerprint density at radius 2 is 2.00 bits per heavy atom. The molecule has 8 heteroatoms. The molecule has 0 atom stereocenters. The number of benzene rings is 1. The average Bonchev–Trinajstić information content (AvgIpc) is 3.27. The minimum Gasteiger partial charge on any atom is -0.464 e. The second-order valence-electron chi connectivity index (χ2n) is 7.00. The second kappa shape index (κ2) is 8.06. The van der Waals surface area contributed by atoms with E-state index >= 15 is 0 Å². The molecule has 1 amide bonds. The van der Waals surface area contributed by atoms with Crippen LogP contribution in [0.5, 0.6) is 0 Å². The Bertz CT molecular complexity index is 1110. The third-order valence-corrected chi connectivity index (χ3v) is 7.64. The smallest absolute Gasteiger partial charge is 0.249 e. The highest BCUT2D eigenvalue weighted by Crippen LogP contribution is 2.29. The molecule has 0 aliphatic heterocycles. The molecule has 0 unspecified atom stereocenters. The molecule has 0 saturated heterocycles. The predicted octanol–water partition coefficient (Wildman–Crippen LogP) is 3.69. The lowest BCUT2D eigenvalue weighted by molar-refractivity contribution is -0.120. The summed E-state index contributed by atoms with van der Waals surface area (Å²) in [6, 6.07) is 7.37. The number of nitrogens with one attached hydrogen (secondary N) is 2. The largest absolute Gasteiger partial charge is 0.464 e. The summed E-state index contributed by atoms with van der Waals surface area (Å²) in [6.07, 6.45) is 1.84. The third kappa shape index (κ3) is 4.29. The van der Waals surface area contributed by atoms with Gasteiger partial charge in [-0.15, -0.1) is 11.3 Å². The summed E-state index contributed by atoms with van der Waals surface area (Å²) < 4.78 is 31.7. The number of carbonyl (C=O) groups is 1. The van der Waals surface area contributed by atoms with Crippen LogP contribution in [-0.2, 0) is 27.8 Å². The van der Waals surface area contributed by atoms with Crippen molar-refractivity contribution in [2.45, 2.75) is 43.9 Å². The Hall–Kier alpha value is -2.16. The van der Waals surface area contributed by atoms with Crippen molar-refractivity contribution >= 4 is 38.2 Å². The standard InChI is InChI=1S/C20H24N2O4S2/c1-12(2)16-9-17-14(11-26-18(17)7-13(16)3)8-19(23)22-10-15-5-6-20(27-15)28(24,25)21-4/h5-7,9,11-12,21H,8,10H2,1-4H3,(H,22,23). The Labute approximate surface area is 169 Å². The molecule has 0 aliphatic rings. The summed E-state index contributed by atoms with van der Waals surface area (Å²) in [7, 11) is -2.08. The minimum atomic E-state index is -3.45. The Morgan fingerprint density at radius 1 is 1.25 bits per heavy atom. The maximum absolute atomic E-state index is 12.4. The molecule has 6 nitrogen and oxygen atoms in total. The van der Waals surface area contributed by atoms with Gasteiger partial charge in [0.25, 0.3) is 0 Å². The van der Waals surface area contributed by atoms with Gasteiger partial charge in [-0.3, -0.25) is 4.79 Å². The van der Waals surface area contributed by atoms with Gasteiger partial charge in [0.2, 0.25) is 15.9 Å². The number of sulfonamides is 1. The first kappa shape index (κ1) is 20.6. The van der Waals surface area contributed by atoms with Gasteiger partial charge >= 0.3 is 0 Å². The molecule has 0 aliphatic carbocycles. The number of amides is 1. The van der Waals surface area contributed by atoms with Gasteiger partial charge in [-0.2, -0.15) is 0 Å². The number of thiophene rings is 1. The van der Waals surface area contributed by atoms with Crippen molar-refractivity contribution in [2.24, 2.45) is 0 Å². The highest BCUT2D eigenvalue weighted by molar-refractivity contribution is 7.91. The molecule has 0 radical (unpaired) electrons. The predicted molar refractivity (Wildman–Crippen MR) is 111 cm³/mol. The van der Waals surface area contributed by atoms with Crippen molar-refractivity contribution < 1.29 is 17.6 Å². The summed E-state index contributed by atoms with van der Waals surface area (Å²) in [5.74, 6) is 0.253. The Balaban J connectivity index is 1.69. The van der Waals surface area contributed by atoms with Crippen molar-refractivity contribution in [3.63, 3.8) is 0 Å². The van der Waals surface area contributed by atoms with E-state index in [1.807, 2.05) is 6.07 Å². The topological polar surface area (TPSA) is 88.4 Å². The molecular formula is C20H24N2O4S2. The molecule has 3 aromatic rings. The molecule has 3 rings (SSSR count). The van der Waals surface area contributed by atoms with E-state index in [0.29, 0.717) is 5.92 Å². The maximum Gasteiger partial charge on any atom is 0.249 e. The second-order valence-corrected chi connectivity index (χ2v) is 10.3. The van der Waals surface area contributed by atoms with Crippen LogP contribution in [0.1, 0.15) is 41.3 Å². The van der Waals surface area contributed by atoms with Gasteiger partial charge in [0, 0.05) is 15.8 Å². The zero-order valence-corrected chi connectivity index (χ0v) is 18.0. The van der Waals surface area contributed by atoms with Crippen LogP contribution in [0, 0.1) is 6.92 Å². The molecule has 2 N–H and O–H groups in total. The van der Waals surface area contributed by atoms with Crippen LogP contribution in [0.4, 0.5) is 0 Å². The molecule has 0 bridgehead atoms. The molecule has 28 heavy (non-hydrogen) atoms. The molecule has 0 fully saturated rings. The zero-order chi connectivity index (χ0) is 20.5. The normalized spacial score (nSPS) is 12.0. The van der Waals surface area contributed by atoms with Crippen molar-refractivity contribution in [3.05, 3.63) is 52.1 Å². The fraction of sp³-hybridized carbons (Fsp3) is 0.350. The van der Waals surface area contributed by atoms with Crippen LogP contribution in [0.3, 0.4) is 0 Å². The molecule has 1 aromatic carbocycles. The van der Waals surface area contributed by atoms with Gasteiger partial charge in [-0.1, -0.05) is 13.8 Å². The lowest BCUT2D eigenvalue weighted by Crippen LogP contribution is -2.24. The van der Waals surface area contributed by atoms with E-state index in [9.17, 15) is 13.2 Å².